The van der Waals surface area contributed by atoms with Crippen molar-refractivity contribution in [2.24, 2.45) is 5.92 Å². The SMILES string of the molecule is CCOC(=O)[C@@H](C#N)CC(OCC)OCC. The quantitative estimate of drug-likeness (QED) is 0.466. The second-order valence-corrected chi connectivity index (χ2v) is 3.01. The van der Waals surface area contributed by atoms with Crippen molar-refractivity contribution in [2.75, 3.05) is 19.8 Å². The lowest BCUT2D eigenvalue weighted by Crippen LogP contribution is -2.26. The summed E-state index contributed by atoms with van der Waals surface area (Å²) in [5.74, 6) is -1.35. The fourth-order valence-electron chi connectivity index (χ4n) is 1.19. The highest BCUT2D eigenvalue weighted by Crippen LogP contribution is 2.12. The first kappa shape index (κ1) is 14.9. The van der Waals surface area contributed by atoms with Gasteiger partial charge in [-0.05, 0) is 20.8 Å². The number of carbonyl (C=O) groups is 1. The average Bonchev–Trinajstić information content (AvgIpc) is 2.26. The van der Waals surface area contributed by atoms with Crippen molar-refractivity contribution in [2.45, 2.75) is 33.5 Å². The number of nitriles is 1. The molecule has 0 aromatic rings. The van der Waals surface area contributed by atoms with Gasteiger partial charge >= 0.3 is 5.97 Å². The van der Waals surface area contributed by atoms with Gasteiger partial charge in [0.05, 0.1) is 12.7 Å². The van der Waals surface area contributed by atoms with Gasteiger partial charge in [-0.15, -0.1) is 0 Å². The molecule has 16 heavy (non-hydrogen) atoms. The zero-order valence-electron chi connectivity index (χ0n) is 10.1. The van der Waals surface area contributed by atoms with Crippen molar-refractivity contribution in [3.05, 3.63) is 0 Å². The summed E-state index contributed by atoms with van der Waals surface area (Å²) in [6, 6.07) is 1.90. The third-order valence-corrected chi connectivity index (χ3v) is 1.86. The summed E-state index contributed by atoms with van der Waals surface area (Å²) in [5, 5.41) is 8.85. The van der Waals surface area contributed by atoms with E-state index in [1.54, 1.807) is 6.92 Å². The molecular weight excluding hydrogens is 210 g/mol. The average molecular weight is 229 g/mol. The molecule has 0 spiro atoms. The monoisotopic (exact) mass is 229 g/mol. The molecule has 0 N–H and O–H groups in total. The van der Waals surface area contributed by atoms with E-state index in [1.807, 2.05) is 19.9 Å². The van der Waals surface area contributed by atoms with Crippen molar-refractivity contribution in [3.63, 3.8) is 0 Å². The highest BCUT2D eigenvalue weighted by Gasteiger charge is 2.24. The zero-order chi connectivity index (χ0) is 12.4. The maximum absolute atomic E-state index is 11.4. The Hall–Kier alpha value is -1.12. The fraction of sp³-hybridized carbons (Fsp3) is 0.818. The van der Waals surface area contributed by atoms with Gasteiger partial charge in [-0.3, -0.25) is 4.79 Å². The topological polar surface area (TPSA) is 68.6 Å². The first-order valence-electron chi connectivity index (χ1n) is 5.48. The number of nitrogens with zero attached hydrogens (tertiary/aromatic N) is 1. The minimum Gasteiger partial charge on any atom is -0.465 e. The van der Waals surface area contributed by atoms with E-state index in [9.17, 15) is 4.79 Å². The van der Waals surface area contributed by atoms with Gasteiger partial charge in [0.15, 0.2) is 6.29 Å². The molecule has 92 valence electrons. The Bertz CT molecular complexity index is 231. The van der Waals surface area contributed by atoms with Gasteiger partial charge < -0.3 is 14.2 Å². The molecule has 0 saturated heterocycles. The van der Waals surface area contributed by atoms with Crippen LogP contribution in [0, 0.1) is 17.2 Å². The smallest absolute Gasteiger partial charge is 0.323 e. The molecule has 0 amide bonds. The lowest BCUT2D eigenvalue weighted by molar-refractivity contribution is -0.161. The van der Waals surface area contributed by atoms with Gasteiger partial charge in [0, 0.05) is 19.6 Å². The minimum atomic E-state index is -0.831. The Morgan fingerprint density at radius 1 is 1.19 bits per heavy atom. The molecule has 0 bridgehead atoms. The van der Waals surface area contributed by atoms with Gasteiger partial charge in [0.2, 0.25) is 0 Å². The molecule has 0 aromatic heterocycles. The van der Waals surface area contributed by atoms with Crippen LogP contribution in [0.15, 0.2) is 0 Å². The van der Waals surface area contributed by atoms with E-state index in [0.29, 0.717) is 13.2 Å². The van der Waals surface area contributed by atoms with Gasteiger partial charge in [0.25, 0.3) is 0 Å². The fourth-order valence-corrected chi connectivity index (χ4v) is 1.19. The molecule has 0 fully saturated rings. The van der Waals surface area contributed by atoms with Crippen LogP contribution < -0.4 is 0 Å². The Kier molecular flexibility index (Phi) is 8.49. The van der Waals surface area contributed by atoms with Crippen molar-refractivity contribution in [3.8, 4) is 6.07 Å². The lowest BCUT2D eigenvalue weighted by atomic mass is 10.1. The van der Waals surface area contributed by atoms with Crippen molar-refractivity contribution in [1.82, 2.24) is 0 Å². The molecular formula is C11H19NO4. The number of hydrogen-bond acceptors (Lipinski definition) is 5. The van der Waals surface area contributed by atoms with Crippen LogP contribution in [0.3, 0.4) is 0 Å². The highest BCUT2D eigenvalue weighted by atomic mass is 16.7. The van der Waals surface area contributed by atoms with Crippen LogP contribution in [-0.4, -0.2) is 32.1 Å². The third-order valence-electron chi connectivity index (χ3n) is 1.86. The van der Waals surface area contributed by atoms with Crippen LogP contribution in [0.2, 0.25) is 0 Å². The van der Waals surface area contributed by atoms with E-state index in [4.69, 9.17) is 19.5 Å². The summed E-state index contributed by atoms with van der Waals surface area (Å²) < 4.78 is 15.3. The molecule has 5 heteroatoms. The first-order chi connectivity index (χ1) is 7.69. The predicted molar refractivity (Wildman–Crippen MR) is 57.4 cm³/mol. The lowest BCUT2D eigenvalue weighted by Gasteiger charge is -2.18. The predicted octanol–water partition coefficient (Wildman–Crippen LogP) is 1.48. The Labute approximate surface area is 96.3 Å². The summed E-state index contributed by atoms with van der Waals surface area (Å²) in [7, 11) is 0. The molecule has 0 aliphatic heterocycles. The normalized spacial score (nSPS) is 12.2. The summed E-state index contributed by atoms with van der Waals surface area (Å²) >= 11 is 0. The van der Waals surface area contributed by atoms with Crippen LogP contribution in [0.4, 0.5) is 0 Å². The summed E-state index contributed by atoms with van der Waals surface area (Å²) in [5.41, 5.74) is 0. The van der Waals surface area contributed by atoms with Crippen LogP contribution in [0.25, 0.3) is 0 Å². The van der Waals surface area contributed by atoms with Gasteiger partial charge in [-0.2, -0.15) is 5.26 Å². The number of esters is 1. The minimum absolute atomic E-state index is 0.205. The maximum Gasteiger partial charge on any atom is 0.323 e. The summed E-state index contributed by atoms with van der Waals surface area (Å²) in [4.78, 5) is 11.4. The van der Waals surface area contributed by atoms with Crippen molar-refractivity contribution in [1.29, 1.82) is 5.26 Å². The summed E-state index contributed by atoms with van der Waals surface area (Å²) in [6.45, 7) is 6.59. The van der Waals surface area contributed by atoms with Gasteiger partial charge in [-0.25, -0.2) is 0 Å². The molecule has 0 aliphatic carbocycles. The molecule has 1 atom stereocenters. The Morgan fingerprint density at radius 3 is 2.12 bits per heavy atom. The second kappa shape index (κ2) is 9.13. The van der Waals surface area contributed by atoms with Crippen LogP contribution in [0.5, 0.6) is 0 Å². The molecule has 0 radical (unpaired) electrons. The Morgan fingerprint density at radius 2 is 1.75 bits per heavy atom. The van der Waals surface area contributed by atoms with E-state index < -0.39 is 18.2 Å². The molecule has 0 aliphatic rings. The van der Waals surface area contributed by atoms with Crippen molar-refractivity contribution < 1.29 is 19.0 Å². The second-order valence-electron chi connectivity index (χ2n) is 3.01. The zero-order valence-corrected chi connectivity index (χ0v) is 10.1. The van der Waals surface area contributed by atoms with E-state index in [-0.39, 0.29) is 13.0 Å². The largest absolute Gasteiger partial charge is 0.465 e. The summed E-state index contributed by atoms with van der Waals surface area (Å²) in [6.07, 6.45) is -0.319. The highest BCUT2D eigenvalue weighted by molar-refractivity contribution is 5.75. The first-order valence-corrected chi connectivity index (χ1v) is 5.48. The molecule has 0 heterocycles. The van der Waals surface area contributed by atoms with Crippen LogP contribution in [0.1, 0.15) is 27.2 Å². The number of ether oxygens (including phenoxy) is 3. The van der Waals surface area contributed by atoms with Crippen LogP contribution in [-0.2, 0) is 19.0 Å². The van der Waals surface area contributed by atoms with Crippen LogP contribution >= 0.6 is 0 Å². The number of hydrogen-bond donors (Lipinski definition) is 0. The standard InChI is InChI=1S/C11H19NO4/c1-4-14-10(15-5-2)7-9(8-12)11(13)16-6-3/h9-10H,4-7H2,1-3H3/t9-/m1/s1. The molecule has 0 saturated carbocycles. The van der Waals surface area contributed by atoms with E-state index in [2.05, 4.69) is 0 Å². The van der Waals surface area contributed by atoms with E-state index in [1.165, 1.54) is 0 Å². The van der Waals surface area contributed by atoms with E-state index in [0.717, 1.165) is 0 Å². The molecule has 0 rings (SSSR count). The van der Waals surface area contributed by atoms with Gasteiger partial charge in [-0.1, -0.05) is 0 Å². The van der Waals surface area contributed by atoms with Gasteiger partial charge in [0.1, 0.15) is 5.92 Å². The van der Waals surface area contributed by atoms with Crippen molar-refractivity contribution >= 4 is 5.97 Å². The number of carbonyl (C=O) groups excluding carboxylic acids is 1. The van der Waals surface area contributed by atoms with E-state index >= 15 is 0 Å². The molecule has 0 aromatic carbocycles. The Balaban J connectivity index is 4.25. The maximum atomic E-state index is 11.4. The molecule has 0 unspecified atom stereocenters. The number of rotatable bonds is 8. The molecule has 5 nitrogen and oxygen atoms in total. The third kappa shape index (κ3) is 5.69.